The van der Waals surface area contributed by atoms with E-state index in [1.165, 1.54) is 6.92 Å². The van der Waals surface area contributed by atoms with Crippen LogP contribution in [-0.4, -0.2) is 29.8 Å². The van der Waals surface area contributed by atoms with Crippen molar-refractivity contribution in [2.45, 2.75) is 33.2 Å². The topological polar surface area (TPSA) is 49.4 Å². The van der Waals surface area contributed by atoms with Gasteiger partial charge in [-0.3, -0.25) is 9.59 Å². The van der Waals surface area contributed by atoms with Crippen molar-refractivity contribution in [1.82, 2.24) is 10.2 Å². The summed E-state index contributed by atoms with van der Waals surface area (Å²) in [5, 5.41) is 3.60. The highest BCUT2D eigenvalue weighted by molar-refractivity contribution is 6.30. The molecule has 0 aromatic heterocycles. The number of amides is 2. The Hall–Kier alpha value is -2.33. The first-order chi connectivity index (χ1) is 12.5. The summed E-state index contributed by atoms with van der Waals surface area (Å²) < 4.78 is 0. The molecule has 2 rings (SSSR count). The van der Waals surface area contributed by atoms with Crippen LogP contribution in [0.4, 0.5) is 0 Å². The zero-order valence-corrected chi connectivity index (χ0v) is 16.1. The Morgan fingerprint density at radius 1 is 1.12 bits per heavy atom. The molecule has 0 aliphatic rings. The molecule has 0 radical (unpaired) electrons. The quantitative estimate of drug-likeness (QED) is 0.767. The van der Waals surface area contributed by atoms with Crippen LogP contribution in [0.3, 0.4) is 0 Å². The van der Waals surface area contributed by atoms with Crippen LogP contribution in [0.15, 0.2) is 48.5 Å². The minimum atomic E-state index is -0.0527. The molecule has 0 atom stereocenters. The molecule has 2 aromatic carbocycles. The van der Waals surface area contributed by atoms with E-state index in [1.54, 1.807) is 4.90 Å². The number of hydrogen-bond acceptors (Lipinski definition) is 2. The van der Waals surface area contributed by atoms with Crippen LogP contribution in [0.2, 0.25) is 5.02 Å². The van der Waals surface area contributed by atoms with Gasteiger partial charge in [-0.2, -0.15) is 0 Å². The first-order valence-electron chi connectivity index (χ1n) is 8.77. The Kier molecular flexibility index (Phi) is 7.67. The summed E-state index contributed by atoms with van der Waals surface area (Å²) in [7, 11) is 0. The second kappa shape index (κ2) is 9.97. The van der Waals surface area contributed by atoms with Gasteiger partial charge in [0.25, 0.3) is 0 Å². The lowest BCUT2D eigenvalue weighted by molar-refractivity contribution is -0.130. The molecular formula is C21H25ClN2O2. The fraction of sp³-hybridized carbons (Fsp3) is 0.333. The maximum Gasteiger partial charge on any atom is 0.221 e. The molecule has 0 saturated carbocycles. The van der Waals surface area contributed by atoms with E-state index in [1.807, 2.05) is 55.5 Å². The second-order valence-electron chi connectivity index (χ2n) is 6.35. The average molecular weight is 373 g/mol. The number of nitrogens with one attached hydrogen (secondary N) is 1. The Balaban J connectivity index is 1.78. The fourth-order valence-corrected chi connectivity index (χ4v) is 2.92. The number of benzene rings is 2. The minimum absolute atomic E-state index is 0.0278. The van der Waals surface area contributed by atoms with Gasteiger partial charge in [-0.25, -0.2) is 0 Å². The van der Waals surface area contributed by atoms with Crippen molar-refractivity contribution in [2.24, 2.45) is 0 Å². The van der Waals surface area contributed by atoms with Crippen molar-refractivity contribution in [2.75, 3.05) is 13.1 Å². The van der Waals surface area contributed by atoms with Gasteiger partial charge in [0.05, 0.1) is 0 Å². The predicted octanol–water partition coefficient (Wildman–Crippen LogP) is 3.75. The van der Waals surface area contributed by atoms with Gasteiger partial charge in [-0.05, 0) is 42.2 Å². The Labute approximate surface area is 160 Å². The maximum atomic E-state index is 12.1. The Morgan fingerprint density at radius 2 is 1.88 bits per heavy atom. The molecule has 0 spiro atoms. The van der Waals surface area contributed by atoms with Gasteiger partial charge in [0.2, 0.25) is 11.8 Å². The maximum absolute atomic E-state index is 12.1. The summed E-state index contributed by atoms with van der Waals surface area (Å²) in [6.07, 6.45) is 1.02. The zero-order chi connectivity index (χ0) is 18.9. The summed E-state index contributed by atoms with van der Waals surface area (Å²) in [6.45, 7) is 5.05. The molecule has 0 saturated heterocycles. The summed E-state index contributed by atoms with van der Waals surface area (Å²) >= 11 is 5.95. The van der Waals surface area contributed by atoms with Crippen LogP contribution >= 0.6 is 11.6 Å². The summed E-state index contributed by atoms with van der Waals surface area (Å²) in [5.41, 5.74) is 3.33. The molecule has 138 valence electrons. The lowest BCUT2D eigenvalue weighted by Gasteiger charge is -2.22. The summed E-state index contributed by atoms with van der Waals surface area (Å²) in [5.74, 6) is -0.0805. The van der Waals surface area contributed by atoms with Crippen molar-refractivity contribution >= 4 is 23.4 Å². The number of rotatable bonds is 8. The number of halogens is 1. The third-order valence-electron chi connectivity index (χ3n) is 4.30. The second-order valence-corrected chi connectivity index (χ2v) is 6.78. The standard InChI is InChI=1S/C21H25ClN2O2/c1-16-6-3-4-8-19(16)15-24(17(2)25)13-11-21(26)23-12-10-18-7-5-9-20(22)14-18/h3-9,14H,10-13,15H2,1-2H3,(H,23,26). The molecule has 0 unspecified atom stereocenters. The van der Waals surface area contributed by atoms with E-state index in [-0.39, 0.29) is 11.8 Å². The number of carbonyl (C=O) groups is 2. The minimum Gasteiger partial charge on any atom is -0.356 e. The van der Waals surface area contributed by atoms with E-state index in [9.17, 15) is 9.59 Å². The van der Waals surface area contributed by atoms with Gasteiger partial charge >= 0.3 is 0 Å². The largest absolute Gasteiger partial charge is 0.356 e. The van der Waals surface area contributed by atoms with Gasteiger partial charge in [-0.1, -0.05) is 48.0 Å². The highest BCUT2D eigenvalue weighted by atomic mass is 35.5. The van der Waals surface area contributed by atoms with Crippen LogP contribution < -0.4 is 5.32 Å². The van der Waals surface area contributed by atoms with E-state index in [0.29, 0.717) is 31.1 Å². The zero-order valence-electron chi connectivity index (χ0n) is 15.3. The molecule has 2 amide bonds. The summed E-state index contributed by atoms with van der Waals surface area (Å²) in [6, 6.07) is 15.6. The molecule has 0 bridgehead atoms. The highest BCUT2D eigenvalue weighted by Gasteiger charge is 2.12. The third-order valence-corrected chi connectivity index (χ3v) is 4.54. The van der Waals surface area contributed by atoms with Crippen LogP contribution in [-0.2, 0) is 22.6 Å². The number of aryl methyl sites for hydroxylation is 1. The molecule has 1 N–H and O–H groups in total. The van der Waals surface area contributed by atoms with Crippen molar-refractivity contribution in [3.63, 3.8) is 0 Å². The van der Waals surface area contributed by atoms with E-state index in [2.05, 4.69) is 5.32 Å². The van der Waals surface area contributed by atoms with E-state index in [0.717, 1.165) is 23.1 Å². The smallest absolute Gasteiger partial charge is 0.221 e. The molecule has 0 aliphatic heterocycles. The van der Waals surface area contributed by atoms with E-state index >= 15 is 0 Å². The monoisotopic (exact) mass is 372 g/mol. The molecule has 0 heterocycles. The van der Waals surface area contributed by atoms with Crippen LogP contribution in [0.25, 0.3) is 0 Å². The molecule has 26 heavy (non-hydrogen) atoms. The van der Waals surface area contributed by atoms with Gasteiger partial charge in [0, 0.05) is 38.0 Å². The van der Waals surface area contributed by atoms with Gasteiger partial charge < -0.3 is 10.2 Å². The first-order valence-corrected chi connectivity index (χ1v) is 9.14. The van der Waals surface area contributed by atoms with Crippen LogP contribution in [0.1, 0.15) is 30.0 Å². The van der Waals surface area contributed by atoms with Crippen LogP contribution in [0.5, 0.6) is 0 Å². The highest BCUT2D eigenvalue weighted by Crippen LogP contribution is 2.12. The van der Waals surface area contributed by atoms with E-state index < -0.39 is 0 Å². The summed E-state index contributed by atoms with van der Waals surface area (Å²) in [4.78, 5) is 25.7. The third kappa shape index (κ3) is 6.52. The number of hydrogen-bond donors (Lipinski definition) is 1. The van der Waals surface area contributed by atoms with Gasteiger partial charge in [-0.15, -0.1) is 0 Å². The molecule has 0 aliphatic carbocycles. The molecule has 0 fully saturated rings. The lowest BCUT2D eigenvalue weighted by Crippen LogP contribution is -2.34. The number of nitrogens with zero attached hydrogens (tertiary/aromatic N) is 1. The molecule has 5 heteroatoms. The Bertz CT molecular complexity index is 761. The molecule has 2 aromatic rings. The SMILES string of the molecule is CC(=O)N(CCC(=O)NCCc1cccc(Cl)c1)Cc1ccccc1C. The Morgan fingerprint density at radius 3 is 2.58 bits per heavy atom. The average Bonchev–Trinajstić information content (AvgIpc) is 2.60. The predicted molar refractivity (Wildman–Crippen MR) is 105 cm³/mol. The molecule has 4 nitrogen and oxygen atoms in total. The van der Waals surface area contributed by atoms with E-state index in [4.69, 9.17) is 11.6 Å². The van der Waals surface area contributed by atoms with Gasteiger partial charge in [0.1, 0.15) is 0 Å². The van der Waals surface area contributed by atoms with Crippen LogP contribution in [0, 0.1) is 6.92 Å². The first kappa shape index (κ1) is 20.0. The molecular weight excluding hydrogens is 348 g/mol. The fourth-order valence-electron chi connectivity index (χ4n) is 2.70. The van der Waals surface area contributed by atoms with Gasteiger partial charge in [0.15, 0.2) is 0 Å². The van der Waals surface area contributed by atoms with Crippen molar-refractivity contribution in [1.29, 1.82) is 0 Å². The normalized spacial score (nSPS) is 10.4. The van der Waals surface area contributed by atoms with Crippen molar-refractivity contribution in [3.8, 4) is 0 Å². The van der Waals surface area contributed by atoms with Crippen molar-refractivity contribution in [3.05, 3.63) is 70.2 Å². The number of carbonyl (C=O) groups excluding carboxylic acids is 2. The van der Waals surface area contributed by atoms with Crippen molar-refractivity contribution < 1.29 is 9.59 Å². The lowest BCUT2D eigenvalue weighted by atomic mass is 10.1.